The van der Waals surface area contributed by atoms with Crippen molar-refractivity contribution in [1.82, 2.24) is 0 Å². The van der Waals surface area contributed by atoms with Gasteiger partial charge in [0.05, 0.1) is 0 Å². The minimum atomic E-state index is 0.242. The lowest BCUT2D eigenvalue weighted by Crippen LogP contribution is -2.05. The summed E-state index contributed by atoms with van der Waals surface area (Å²) in [5.41, 5.74) is 2.64. The maximum atomic E-state index is 9.18. The Kier molecular flexibility index (Phi) is 4.34. The van der Waals surface area contributed by atoms with E-state index in [-0.39, 0.29) is 6.61 Å². The largest absolute Gasteiger partial charge is 0.396 e. The molecule has 1 heteroatoms. The molecule has 0 aliphatic rings. The lowest BCUT2D eigenvalue weighted by atomic mass is 9.89. The number of rotatable bonds is 5. The molecule has 17 heavy (non-hydrogen) atoms. The van der Waals surface area contributed by atoms with Crippen molar-refractivity contribution in [2.24, 2.45) is 0 Å². The zero-order valence-corrected chi connectivity index (χ0v) is 9.92. The van der Waals surface area contributed by atoms with Gasteiger partial charge in [0.25, 0.3) is 0 Å². The second kappa shape index (κ2) is 6.21. The molecule has 0 fully saturated rings. The maximum Gasteiger partial charge on any atom is 0.0436 e. The molecule has 88 valence electrons. The third kappa shape index (κ3) is 3.43. The second-order valence-corrected chi connectivity index (χ2v) is 4.31. The Morgan fingerprint density at radius 1 is 0.824 bits per heavy atom. The zero-order valence-electron chi connectivity index (χ0n) is 9.92. The van der Waals surface area contributed by atoms with E-state index < -0.39 is 0 Å². The predicted molar refractivity (Wildman–Crippen MR) is 71.0 cm³/mol. The molecule has 1 unspecified atom stereocenters. The number of aliphatic hydroxyl groups is 1. The smallest absolute Gasteiger partial charge is 0.0436 e. The highest BCUT2D eigenvalue weighted by Crippen LogP contribution is 2.23. The van der Waals surface area contributed by atoms with Crippen LogP contribution in [0.4, 0.5) is 0 Å². The molecule has 0 aliphatic heterocycles. The van der Waals surface area contributed by atoms with Gasteiger partial charge in [-0.1, -0.05) is 60.7 Å². The van der Waals surface area contributed by atoms with E-state index in [1.165, 1.54) is 11.1 Å². The van der Waals surface area contributed by atoms with E-state index in [9.17, 15) is 5.11 Å². The van der Waals surface area contributed by atoms with Crippen molar-refractivity contribution in [3.63, 3.8) is 0 Å². The zero-order chi connectivity index (χ0) is 11.9. The van der Waals surface area contributed by atoms with E-state index in [0.29, 0.717) is 5.92 Å². The fraction of sp³-hybridized carbons (Fsp3) is 0.250. The van der Waals surface area contributed by atoms with Crippen molar-refractivity contribution < 1.29 is 5.11 Å². The highest BCUT2D eigenvalue weighted by atomic mass is 16.3. The number of benzene rings is 2. The van der Waals surface area contributed by atoms with Crippen molar-refractivity contribution in [1.29, 1.82) is 0 Å². The topological polar surface area (TPSA) is 20.2 Å². The minimum Gasteiger partial charge on any atom is -0.396 e. The summed E-state index contributed by atoms with van der Waals surface area (Å²) in [6.45, 7) is 0.242. The van der Waals surface area contributed by atoms with Crippen molar-refractivity contribution in [3.05, 3.63) is 71.8 Å². The second-order valence-electron chi connectivity index (χ2n) is 4.31. The van der Waals surface area contributed by atoms with Gasteiger partial charge in [-0.25, -0.2) is 0 Å². The van der Waals surface area contributed by atoms with E-state index in [0.717, 1.165) is 12.8 Å². The van der Waals surface area contributed by atoms with Crippen LogP contribution in [0.2, 0.25) is 0 Å². The Labute approximate surface area is 103 Å². The first-order chi connectivity index (χ1) is 8.40. The van der Waals surface area contributed by atoms with Gasteiger partial charge in [0.1, 0.15) is 0 Å². The van der Waals surface area contributed by atoms with Crippen LogP contribution in [0.15, 0.2) is 60.7 Å². The number of aliphatic hydroxyl groups excluding tert-OH is 1. The van der Waals surface area contributed by atoms with Gasteiger partial charge in [0.2, 0.25) is 0 Å². The molecule has 0 aromatic heterocycles. The van der Waals surface area contributed by atoms with Crippen LogP contribution in [0.25, 0.3) is 0 Å². The first-order valence-corrected chi connectivity index (χ1v) is 6.10. The fourth-order valence-electron chi connectivity index (χ4n) is 2.17. The first kappa shape index (κ1) is 11.9. The van der Waals surface area contributed by atoms with Crippen LogP contribution in [0.5, 0.6) is 0 Å². The molecule has 1 N–H and O–H groups in total. The van der Waals surface area contributed by atoms with E-state index in [1.54, 1.807) is 0 Å². The molecule has 0 saturated heterocycles. The average Bonchev–Trinajstić information content (AvgIpc) is 2.40. The Morgan fingerprint density at radius 3 is 2.00 bits per heavy atom. The average molecular weight is 226 g/mol. The van der Waals surface area contributed by atoms with Crippen molar-refractivity contribution in [3.8, 4) is 0 Å². The minimum absolute atomic E-state index is 0.242. The van der Waals surface area contributed by atoms with Crippen LogP contribution >= 0.6 is 0 Å². The Hall–Kier alpha value is -1.60. The summed E-state index contributed by atoms with van der Waals surface area (Å²) in [6.07, 6.45) is 1.81. The summed E-state index contributed by atoms with van der Waals surface area (Å²) >= 11 is 0. The van der Waals surface area contributed by atoms with Gasteiger partial charge in [-0.2, -0.15) is 0 Å². The van der Waals surface area contributed by atoms with Crippen LogP contribution in [0.1, 0.15) is 23.5 Å². The van der Waals surface area contributed by atoms with Gasteiger partial charge in [-0.3, -0.25) is 0 Å². The normalized spacial score (nSPS) is 12.3. The molecule has 0 heterocycles. The third-order valence-corrected chi connectivity index (χ3v) is 3.07. The van der Waals surface area contributed by atoms with Gasteiger partial charge in [-0.15, -0.1) is 0 Å². The molecule has 0 bridgehead atoms. The molecule has 0 spiro atoms. The quantitative estimate of drug-likeness (QED) is 0.828. The number of hydrogen-bond donors (Lipinski definition) is 1. The Bertz CT molecular complexity index is 422. The molecule has 0 amide bonds. The van der Waals surface area contributed by atoms with Gasteiger partial charge in [0, 0.05) is 6.61 Å². The molecule has 0 saturated carbocycles. The van der Waals surface area contributed by atoms with Gasteiger partial charge >= 0.3 is 0 Å². The highest BCUT2D eigenvalue weighted by Gasteiger charge is 2.11. The monoisotopic (exact) mass is 226 g/mol. The molecule has 1 nitrogen and oxygen atoms in total. The summed E-state index contributed by atoms with van der Waals surface area (Å²) in [4.78, 5) is 0. The molecule has 2 aromatic carbocycles. The third-order valence-electron chi connectivity index (χ3n) is 3.07. The van der Waals surface area contributed by atoms with Crippen molar-refractivity contribution in [2.45, 2.75) is 18.8 Å². The highest BCUT2D eigenvalue weighted by molar-refractivity contribution is 5.24. The van der Waals surface area contributed by atoms with Crippen LogP contribution in [-0.4, -0.2) is 11.7 Å². The van der Waals surface area contributed by atoms with E-state index in [2.05, 4.69) is 48.5 Å². The standard InChI is InChI=1S/C16H18O/c17-12-11-16(15-9-5-2-6-10-15)13-14-7-3-1-4-8-14/h1-10,16-17H,11-13H2. The maximum absolute atomic E-state index is 9.18. The molecule has 1 atom stereocenters. The first-order valence-electron chi connectivity index (χ1n) is 6.10. The molecule has 0 aliphatic carbocycles. The van der Waals surface area contributed by atoms with Gasteiger partial charge in [-0.05, 0) is 29.9 Å². The van der Waals surface area contributed by atoms with Crippen LogP contribution < -0.4 is 0 Å². The predicted octanol–water partition coefficient (Wildman–Crippen LogP) is 3.40. The van der Waals surface area contributed by atoms with Gasteiger partial charge in [0.15, 0.2) is 0 Å². The fourth-order valence-corrected chi connectivity index (χ4v) is 2.17. The molecular formula is C16H18O. The number of hydrogen-bond acceptors (Lipinski definition) is 1. The lowest BCUT2D eigenvalue weighted by Gasteiger charge is -2.16. The summed E-state index contributed by atoms with van der Waals surface area (Å²) in [5.74, 6) is 0.406. The lowest BCUT2D eigenvalue weighted by molar-refractivity contribution is 0.275. The summed E-state index contributed by atoms with van der Waals surface area (Å²) in [5, 5.41) is 9.18. The van der Waals surface area contributed by atoms with Crippen LogP contribution in [-0.2, 0) is 6.42 Å². The van der Waals surface area contributed by atoms with Gasteiger partial charge < -0.3 is 5.11 Å². The molecule has 2 aromatic rings. The SMILES string of the molecule is OCCC(Cc1ccccc1)c1ccccc1. The Balaban J connectivity index is 2.13. The van der Waals surface area contributed by atoms with Crippen LogP contribution in [0, 0.1) is 0 Å². The summed E-state index contributed by atoms with van der Waals surface area (Å²) in [6, 6.07) is 20.9. The van der Waals surface area contributed by atoms with Crippen molar-refractivity contribution >= 4 is 0 Å². The van der Waals surface area contributed by atoms with E-state index >= 15 is 0 Å². The molecule has 0 radical (unpaired) electrons. The van der Waals surface area contributed by atoms with Crippen LogP contribution in [0.3, 0.4) is 0 Å². The van der Waals surface area contributed by atoms with Crippen molar-refractivity contribution in [2.75, 3.05) is 6.61 Å². The summed E-state index contributed by atoms with van der Waals surface area (Å²) < 4.78 is 0. The molecule has 2 rings (SSSR count). The van der Waals surface area contributed by atoms with E-state index in [4.69, 9.17) is 0 Å². The summed E-state index contributed by atoms with van der Waals surface area (Å²) in [7, 11) is 0. The molecular weight excluding hydrogens is 208 g/mol. The van der Waals surface area contributed by atoms with E-state index in [1.807, 2.05) is 12.1 Å². The Morgan fingerprint density at radius 2 is 1.41 bits per heavy atom.